The number of carbonyl (C=O) groups excluding carboxylic acids is 2. The SMILES string of the molecule is CO[C@@H]1C=CC=C([C@H]2C(=C(O)c3ccc4c(c3)C[C@@H](C)O4)C(=O)C(=O)N2CCN2CCOCC2)C1. The van der Waals surface area contributed by atoms with Gasteiger partial charge in [-0.2, -0.15) is 0 Å². The summed E-state index contributed by atoms with van der Waals surface area (Å²) >= 11 is 0. The second kappa shape index (κ2) is 9.97. The van der Waals surface area contributed by atoms with Gasteiger partial charge in [0.2, 0.25) is 0 Å². The first kappa shape index (κ1) is 23.8. The van der Waals surface area contributed by atoms with Crippen LogP contribution >= 0.6 is 0 Å². The van der Waals surface area contributed by atoms with Crippen LogP contribution in [0.5, 0.6) is 5.75 Å². The number of benzene rings is 1. The number of likely N-dealkylation sites (tertiary alicyclic amines) is 1. The number of Topliss-reactive ketones (excluding diaryl/α,β-unsaturated/α-hetero) is 1. The smallest absolute Gasteiger partial charge is 0.295 e. The fourth-order valence-corrected chi connectivity index (χ4v) is 5.33. The summed E-state index contributed by atoms with van der Waals surface area (Å²) in [5.41, 5.74) is 2.52. The lowest BCUT2D eigenvalue weighted by molar-refractivity contribution is -0.139. The fourth-order valence-electron chi connectivity index (χ4n) is 5.33. The van der Waals surface area contributed by atoms with Gasteiger partial charge >= 0.3 is 0 Å². The van der Waals surface area contributed by atoms with Crippen molar-refractivity contribution in [3.05, 3.63) is 58.7 Å². The van der Waals surface area contributed by atoms with Crippen LogP contribution in [0, 0.1) is 0 Å². The van der Waals surface area contributed by atoms with E-state index >= 15 is 0 Å². The first-order chi connectivity index (χ1) is 17.0. The molecule has 0 spiro atoms. The van der Waals surface area contributed by atoms with Gasteiger partial charge in [-0.3, -0.25) is 14.5 Å². The number of hydrogen-bond acceptors (Lipinski definition) is 7. The average Bonchev–Trinajstić information content (AvgIpc) is 3.38. The van der Waals surface area contributed by atoms with Gasteiger partial charge in [0.1, 0.15) is 17.6 Å². The van der Waals surface area contributed by atoms with Crippen molar-refractivity contribution in [2.24, 2.45) is 0 Å². The zero-order chi connectivity index (χ0) is 24.5. The van der Waals surface area contributed by atoms with E-state index in [1.807, 2.05) is 37.3 Å². The molecule has 8 nitrogen and oxygen atoms in total. The highest BCUT2D eigenvalue weighted by atomic mass is 16.5. The Morgan fingerprint density at radius 2 is 1.97 bits per heavy atom. The maximum Gasteiger partial charge on any atom is 0.295 e. The van der Waals surface area contributed by atoms with Crippen LogP contribution in [0.15, 0.2) is 47.6 Å². The number of carbonyl (C=O) groups is 2. The van der Waals surface area contributed by atoms with Crippen LogP contribution in [0.1, 0.15) is 24.5 Å². The second-order valence-electron chi connectivity index (χ2n) is 9.51. The summed E-state index contributed by atoms with van der Waals surface area (Å²) in [5.74, 6) is -0.579. The van der Waals surface area contributed by atoms with Crippen molar-refractivity contribution >= 4 is 17.4 Å². The lowest BCUT2D eigenvalue weighted by atomic mass is 9.89. The largest absolute Gasteiger partial charge is 0.507 e. The van der Waals surface area contributed by atoms with Crippen molar-refractivity contribution in [2.45, 2.75) is 38.0 Å². The summed E-state index contributed by atoms with van der Waals surface area (Å²) in [5, 5.41) is 11.4. The minimum Gasteiger partial charge on any atom is -0.507 e. The van der Waals surface area contributed by atoms with Crippen LogP contribution in [-0.4, -0.2) is 91.3 Å². The highest BCUT2D eigenvalue weighted by Gasteiger charge is 2.47. The van der Waals surface area contributed by atoms with Gasteiger partial charge in [0.05, 0.1) is 30.9 Å². The quantitative estimate of drug-likeness (QED) is 0.380. The van der Waals surface area contributed by atoms with Crippen LogP contribution in [-0.2, 0) is 25.5 Å². The molecule has 2 fully saturated rings. The Hall–Kier alpha value is -2.94. The number of hydrogen-bond donors (Lipinski definition) is 1. The predicted octanol–water partition coefficient (Wildman–Crippen LogP) is 2.29. The van der Waals surface area contributed by atoms with Crippen LogP contribution in [0.3, 0.4) is 0 Å². The Morgan fingerprint density at radius 3 is 2.74 bits per heavy atom. The lowest BCUT2D eigenvalue weighted by Gasteiger charge is -2.32. The molecule has 35 heavy (non-hydrogen) atoms. The third kappa shape index (κ3) is 4.66. The van der Waals surface area contributed by atoms with Gasteiger partial charge in [-0.05, 0) is 36.3 Å². The number of ketones is 1. The maximum atomic E-state index is 13.3. The molecule has 4 aliphatic rings. The molecule has 1 aromatic rings. The number of ether oxygens (including phenoxy) is 3. The van der Waals surface area contributed by atoms with E-state index in [-0.39, 0.29) is 23.5 Å². The first-order valence-electron chi connectivity index (χ1n) is 12.2. The molecule has 0 unspecified atom stereocenters. The number of rotatable bonds is 6. The minimum atomic E-state index is -0.649. The van der Waals surface area contributed by atoms with E-state index < -0.39 is 17.7 Å². The van der Waals surface area contributed by atoms with E-state index in [0.29, 0.717) is 38.3 Å². The van der Waals surface area contributed by atoms with Crippen molar-refractivity contribution in [2.75, 3.05) is 46.5 Å². The first-order valence-corrected chi connectivity index (χ1v) is 12.2. The average molecular weight is 481 g/mol. The monoisotopic (exact) mass is 480 g/mol. The molecule has 0 saturated carbocycles. The van der Waals surface area contributed by atoms with Gasteiger partial charge in [-0.25, -0.2) is 0 Å². The van der Waals surface area contributed by atoms with Crippen LogP contribution < -0.4 is 4.74 Å². The molecule has 0 radical (unpaired) electrons. The normalized spacial score (nSPS) is 28.2. The molecular weight excluding hydrogens is 448 g/mol. The molecule has 3 aliphatic heterocycles. The summed E-state index contributed by atoms with van der Waals surface area (Å²) in [4.78, 5) is 30.4. The highest BCUT2D eigenvalue weighted by Crippen LogP contribution is 2.37. The topological polar surface area (TPSA) is 88.5 Å². The van der Waals surface area contributed by atoms with E-state index in [0.717, 1.165) is 36.4 Å². The number of allylic oxidation sites excluding steroid dienone is 2. The van der Waals surface area contributed by atoms with Crippen molar-refractivity contribution in [1.29, 1.82) is 0 Å². The molecule has 186 valence electrons. The summed E-state index contributed by atoms with van der Waals surface area (Å²) in [7, 11) is 1.64. The molecule has 1 amide bonds. The molecule has 0 bridgehead atoms. The van der Waals surface area contributed by atoms with Crippen LogP contribution in [0.2, 0.25) is 0 Å². The summed E-state index contributed by atoms with van der Waals surface area (Å²) in [6.45, 7) is 5.93. The molecule has 5 rings (SSSR count). The fraction of sp³-hybridized carbons (Fsp3) is 0.481. The number of fused-ring (bicyclic) bond motifs is 1. The second-order valence-corrected chi connectivity index (χ2v) is 9.51. The number of methoxy groups -OCH3 is 1. The number of nitrogens with zero attached hydrogens (tertiary/aromatic N) is 2. The van der Waals surface area contributed by atoms with E-state index in [1.54, 1.807) is 18.1 Å². The molecular formula is C27H32N2O6. The third-order valence-electron chi connectivity index (χ3n) is 7.20. The zero-order valence-corrected chi connectivity index (χ0v) is 20.2. The molecule has 1 aliphatic carbocycles. The summed E-state index contributed by atoms with van der Waals surface area (Å²) < 4.78 is 16.7. The number of amides is 1. The van der Waals surface area contributed by atoms with E-state index in [4.69, 9.17) is 14.2 Å². The van der Waals surface area contributed by atoms with Crippen LogP contribution in [0.25, 0.3) is 5.76 Å². The maximum absolute atomic E-state index is 13.3. The Morgan fingerprint density at radius 1 is 1.17 bits per heavy atom. The van der Waals surface area contributed by atoms with Gasteiger partial charge in [0, 0.05) is 51.7 Å². The summed E-state index contributed by atoms with van der Waals surface area (Å²) in [6, 6.07) is 4.79. The van der Waals surface area contributed by atoms with Crippen molar-refractivity contribution in [1.82, 2.24) is 9.80 Å². The van der Waals surface area contributed by atoms with Gasteiger partial charge in [-0.15, -0.1) is 0 Å². The number of aliphatic hydroxyl groups is 1. The highest BCUT2D eigenvalue weighted by molar-refractivity contribution is 6.47. The molecule has 3 atom stereocenters. The lowest BCUT2D eigenvalue weighted by Crippen LogP contribution is -2.45. The number of morpholine rings is 1. The van der Waals surface area contributed by atoms with Crippen LogP contribution in [0.4, 0.5) is 0 Å². The van der Waals surface area contributed by atoms with Gasteiger partial charge in [-0.1, -0.05) is 18.2 Å². The Balaban J connectivity index is 1.51. The molecule has 0 aromatic heterocycles. The molecule has 8 heteroatoms. The van der Waals surface area contributed by atoms with E-state index in [1.165, 1.54) is 0 Å². The Kier molecular flexibility index (Phi) is 6.77. The molecule has 1 N–H and O–H groups in total. The Labute approximate surface area is 205 Å². The molecule has 3 heterocycles. The molecule has 2 saturated heterocycles. The van der Waals surface area contributed by atoms with Crippen molar-refractivity contribution in [3.63, 3.8) is 0 Å². The van der Waals surface area contributed by atoms with E-state index in [9.17, 15) is 14.7 Å². The van der Waals surface area contributed by atoms with Gasteiger partial charge in [0.25, 0.3) is 11.7 Å². The number of aliphatic hydroxyl groups excluding tert-OH is 1. The third-order valence-corrected chi connectivity index (χ3v) is 7.20. The molecule has 1 aromatic carbocycles. The summed E-state index contributed by atoms with van der Waals surface area (Å²) in [6.07, 6.45) is 6.97. The van der Waals surface area contributed by atoms with Gasteiger partial charge in [0.15, 0.2) is 0 Å². The predicted molar refractivity (Wildman–Crippen MR) is 130 cm³/mol. The van der Waals surface area contributed by atoms with E-state index in [2.05, 4.69) is 4.90 Å². The van der Waals surface area contributed by atoms with Crippen molar-refractivity contribution in [3.8, 4) is 5.75 Å². The zero-order valence-electron chi connectivity index (χ0n) is 20.2. The Bertz CT molecular complexity index is 1100. The minimum absolute atomic E-state index is 0.0679. The van der Waals surface area contributed by atoms with Gasteiger partial charge < -0.3 is 24.2 Å². The standard InChI is InChI=1S/C27H32N2O6/c1-17-14-20-15-19(6-7-22(20)35-17)25(30)23-24(18-4-3-5-21(16-18)33-2)29(27(32)26(23)31)9-8-28-10-12-34-13-11-28/h3-7,15,17,21,24,30H,8-14,16H2,1-2H3/t17-,21-,24+/m1/s1. The van der Waals surface area contributed by atoms with Crippen molar-refractivity contribution < 1.29 is 28.9 Å².